The summed E-state index contributed by atoms with van der Waals surface area (Å²) in [6.07, 6.45) is -1.40. The molecule has 0 aromatic heterocycles. The summed E-state index contributed by atoms with van der Waals surface area (Å²) < 4.78 is 38.6. The molecule has 0 saturated heterocycles. The van der Waals surface area contributed by atoms with Crippen LogP contribution in [-0.4, -0.2) is 56.3 Å². The van der Waals surface area contributed by atoms with Crippen molar-refractivity contribution in [2.75, 3.05) is 39.2 Å². The number of nitrogens with zero attached hydrogens (tertiary/aromatic N) is 2. The molecule has 1 aliphatic heterocycles. The molecule has 0 bridgehead atoms. The lowest BCUT2D eigenvalue weighted by Gasteiger charge is -2.26. The summed E-state index contributed by atoms with van der Waals surface area (Å²) in [5.74, 6) is -0.387. The summed E-state index contributed by atoms with van der Waals surface area (Å²) in [4.78, 5) is 17.6. The third-order valence-corrected chi connectivity index (χ3v) is 6.97. The topological polar surface area (TPSA) is 62.2 Å². The highest BCUT2D eigenvalue weighted by Crippen LogP contribution is 2.47. The lowest BCUT2D eigenvalue weighted by molar-refractivity contribution is -0.126. The molecule has 0 spiro atoms. The second-order valence-corrected chi connectivity index (χ2v) is 9.54. The number of hydrogen-bond acceptors (Lipinski definition) is 6. The van der Waals surface area contributed by atoms with Crippen LogP contribution >= 0.6 is 11.8 Å². The molecule has 1 amide bonds. The quantitative estimate of drug-likeness (QED) is 0.500. The van der Waals surface area contributed by atoms with Crippen LogP contribution in [0.2, 0.25) is 0 Å². The molecule has 1 N–H and O–H groups in total. The van der Waals surface area contributed by atoms with Gasteiger partial charge in [-0.25, -0.2) is 8.78 Å². The maximum absolute atomic E-state index is 14.5. The molecule has 3 aromatic carbocycles. The van der Waals surface area contributed by atoms with E-state index in [0.717, 1.165) is 0 Å². The number of anilines is 1. The summed E-state index contributed by atoms with van der Waals surface area (Å²) in [6, 6.07) is 15.3. The number of rotatable bonds is 7. The maximum atomic E-state index is 14.5. The van der Waals surface area contributed by atoms with Crippen LogP contribution in [0.4, 0.5) is 14.5 Å². The average Bonchev–Trinajstić information content (AvgIpc) is 2.93. The van der Waals surface area contributed by atoms with Crippen molar-refractivity contribution in [3.8, 4) is 17.2 Å². The number of thioether (sulfide) groups is 1. The molecule has 6 nitrogen and oxygen atoms in total. The Bertz CT molecular complexity index is 1210. The van der Waals surface area contributed by atoms with Crippen LogP contribution in [0.3, 0.4) is 0 Å². The van der Waals surface area contributed by atoms with Crippen LogP contribution in [0.25, 0.3) is 0 Å². The van der Waals surface area contributed by atoms with E-state index < -0.39 is 23.1 Å². The summed E-state index contributed by atoms with van der Waals surface area (Å²) in [5, 5.41) is 10.3. The van der Waals surface area contributed by atoms with E-state index in [1.165, 1.54) is 55.3 Å². The molecule has 0 fully saturated rings. The van der Waals surface area contributed by atoms with Crippen molar-refractivity contribution >= 4 is 23.4 Å². The number of methoxy groups -OCH3 is 1. The van der Waals surface area contributed by atoms with Crippen LogP contribution in [0.5, 0.6) is 17.2 Å². The predicted octanol–water partition coefficient (Wildman–Crippen LogP) is 4.87. The van der Waals surface area contributed by atoms with Crippen molar-refractivity contribution in [1.29, 1.82) is 0 Å². The van der Waals surface area contributed by atoms with Crippen LogP contribution < -0.4 is 14.4 Å². The van der Waals surface area contributed by atoms with Gasteiger partial charge in [-0.1, -0.05) is 6.07 Å². The minimum Gasteiger partial charge on any atom is -0.494 e. The van der Waals surface area contributed by atoms with Crippen molar-refractivity contribution in [2.45, 2.75) is 16.2 Å². The van der Waals surface area contributed by atoms with Gasteiger partial charge in [-0.3, -0.25) is 4.79 Å². The average molecular weight is 501 g/mol. The number of aliphatic hydroxyl groups is 1. The standard InChI is InChI=1S/C26H26F2N2O4S/c1-29(2)12-13-30-21-10-9-19(34-18-7-5-17(27)6-8-18)15-23(21)35-25(24(31)26(30)32)16-4-11-22(33-3)20(28)14-16/h4-11,14-15,24-25,31H,12-13H2,1-3H3/t24-,25+/m1/s1. The van der Waals surface area contributed by atoms with E-state index in [1.807, 2.05) is 19.0 Å². The van der Waals surface area contributed by atoms with Crippen molar-refractivity contribution in [1.82, 2.24) is 4.90 Å². The molecular weight excluding hydrogens is 474 g/mol. The zero-order valence-corrected chi connectivity index (χ0v) is 20.4. The Kier molecular flexibility index (Phi) is 7.59. The smallest absolute Gasteiger partial charge is 0.257 e. The second-order valence-electron chi connectivity index (χ2n) is 8.36. The van der Waals surface area contributed by atoms with Gasteiger partial charge in [0.05, 0.1) is 18.0 Å². The number of halogens is 2. The van der Waals surface area contributed by atoms with Gasteiger partial charge in [0.15, 0.2) is 11.6 Å². The maximum Gasteiger partial charge on any atom is 0.257 e. The van der Waals surface area contributed by atoms with E-state index in [1.54, 1.807) is 29.2 Å². The Balaban J connectivity index is 1.73. The van der Waals surface area contributed by atoms with Gasteiger partial charge in [-0.15, -0.1) is 11.8 Å². The van der Waals surface area contributed by atoms with E-state index in [-0.39, 0.29) is 11.6 Å². The number of carbonyl (C=O) groups excluding carboxylic acids is 1. The molecule has 1 heterocycles. The fourth-order valence-corrected chi connectivity index (χ4v) is 5.05. The van der Waals surface area contributed by atoms with Gasteiger partial charge in [-0.05, 0) is 74.3 Å². The first-order chi connectivity index (χ1) is 16.8. The number of amides is 1. The Morgan fingerprint density at radius 2 is 1.74 bits per heavy atom. The van der Waals surface area contributed by atoms with Crippen LogP contribution in [0.15, 0.2) is 65.6 Å². The van der Waals surface area contributed by atoms with Gasteiger partial charge in [0.2, 0.25) is 0 Å². The third kappa shape index (κ3) is 5.58. The molecule has 1 aliphatic rings. The first-order valence-electron chi connectivity index (χ1n) is 11.0. The van der Waals surface area contributed by atoms with Gasteiger partial charge in [0.1, 0.15) is 23.4 Å². The zero-order chi connectivity index (χ0) is 25.1. The van der Waals surface area contributed by atoms with Crippen molar-refractivity contribution in [2.24, 2.45) is 0 Å². The number of benzene rings is 3. The highest BCUT2D eigenvalue weighted by Gasteiger charge is 2.37. The normalized spacial score (nSPS) is 17.8. The Labute approximate surface area is 207 Å². The van der Waals surface area contributed by atoms with Gasteiger partial charge < -0.3 is 24.4 Å². The fraction of sp³-hybridized carbons (Fsp3) is 0.269. The summed E-state index contributed by atoms with van der Waals surface area (Å²) in [6.45, 7) is 0.941. The third-order valence-electron chi connectivity index (χ3n) is 5.61. The highest BCUT2D eigenvalue weighted by atomic mass is 32.2. The highest BCUT2D eigenvalue weighted by molar-refractivity contribution is 7.99. The first-order valence-corrected chi connectivity index (χ1v) is 11.9. The monoisotopic (exact) mass is 500 g/mol. The number of ether oxygens (including phenoxy) is 2. The van der Waals surface area contributed by atoms with Gasteiger partial charge in [0, 0.05) is 18.0 Å². The largest absolute Gasteiger partial charge is 0.494 e. The Morgan fingerprint density at radius 1 is 1.03 bits per heavy atom. The van der Waals surface area contributed by atoms with Crippen molar-refractivity contribution < 1.29 is 28.2 Å². The summed E-state index contributed by atoms with van der Waals surface area (Å²) >= 11 is 1.26. The molecule has 0 unspecified atom stereocenters. The Hall–Kier alpha value is -3.14. The number of likely N-dealkylation sites (N-methyl/N-ethyl adjacent to an activating group) is 1. The van der Waals surface area contributed by atoms with E-state index in [9.17, 15) is 18.7 Å². The van der Waals surface area contributed by atoms with E-state index in [4.69, 9.17) is 9.47 Å². The minimum absolute atomic E-state index is 0.0798. The number of carbonyl (C=O) groups is 1. The minimum atomic E-state index is -1.40. The molecule has 184 valence electrons. The molecule has 4 rings (SSSR count). The fourth-order valence-electron chi connectivity index (χ4n) is 3.76. The number of hydrogen-bond donors (Lipinski definition) is 1. The van der Waals surface area contributed by atoms with Gasteiger partial charge in [0.25, 0.3) is 5.91 Å². The van der Waals surface area contributed by atoms with Crippen LogP contribution in [0.1, 0.15) is 10.8 Å². The van der Waals surface area contributed by atoms with Crippen LogP contribution in [0, 0.1) is 11.6 Å². The molecule has 3 aromatic rings. The molecular formula is C26H26F2N2O4S. The van der Waals surface area contributed by atoms with Crippen molar-refractivity contribution in [3.63, 3.8) is 0 Å². The second kappa shape index (κ2) is 10.6. The molecule has 2 atom stereocenters. The molecule has 9 heteroatoms. The van der Waals surface area contributed by atoms with E-state index in [2.05, 4.69) is 0 Å². The van der Waals surface area contributed by atoms with E-state index in [0.29, 0.717) is 40.7 Å². The summed E-state index contributed by atoms with van der Waals surface area (Å²) in [5.41, 5.74) is 1.09. The summed E-state index contributed by atoms with van der Waals surface area (Å²) in [7, 11) is 5.17. The number of aliphatic hydroxyl groups excluding tert-OH is 1. The molecule has 0 aliphatic carbocycles. The first kappa shape index (κ1) is 25.0. The molecule has 0 saturated carbocycles. The molecule has 0 radical (unpaired) electrons. The Morgan fingerprint density at radius 3 is 2.40 bits per heavy atom. The van der Waals surface area contributed by atoms with Crippen LogP contribution in [-0.2, 0) is 4.79 Å². The van der Waals surface area contributed by atoms with Crippen molar-refractivity contribution in [3.05, 3.63) is 77.9 Å². The number of fused-ring (bicyclic) bond motifs is 1. The lowest BCUT2D eigenvalue weighted by Crippen LogP contribution is -2.43. The molecule has 35 heavy (non-hydrogen) atoms. The van der Waals surface area contributed by atoms with Gasteiger partial charge in [-0.2, -0.15) is 0 Å². The zero-order valence-electron chi connectivity index (χ0n) is 19.6. The van der Waals surface area contributed by atoms with Gasteiger partial charge >= 0.3 is 0 Å². The SMILES string of the molecule is COc1ccc([C@@H]2Sc3cc(Oc4ccc(F)cc4)ccc3N(CCN(C)C)C(=O)[C@@H]2O)cc1F. The predicted molar refractivity (Wildman–Crippen MR) is 131 cm³/mol. The lowest BCUT2D eigenvalue weighted by atomic mass is 10.1. The van der Waals surface area contributed by atoms with E-state index >= 15 is 0 Å².